The Morgan fingerprint density at radius 3 is 2.65 bits per heavy atom. The highest BCUT2D eigenvalue weighted by molar-refractivity contribution is 7.99. The molecule has 0 unspecified atom stereocenters. The van der Waals surface area contributed by atoms with Crippen molar-refractivity contribution in [3.05, 3.63) is 66.4 Å². The van der Waals surface area contributed by atoms with E-state index in [9.17, 15) is 4.79 Å². The van der Waals surface area contributed by atoms with Gasteiger partial charge in [0.25, 0.3) is 0 Å². The van der Waals surface area contributed by atoms with Crippen molar-refractivity contribution in [1.82, 2.24) is 9.47 Å². The maximum absolute atomic E-state index is 12.5. The molecule has 0 atom stereocenters. The molecule has 1 aliphatic rings. The van der Waals surface area contributed by atoms with Crippen molar-refractivity contribution in [2.24, 2.45) is 0 Å². The van der Waals surface area contributed by atoms with E-state index in [1.807, 2.05) is 69.9 Å². The van der Waals surface area contributed by atoms with Crippen LogP contribution in [0.1, 0.15) is 5.56 Å². The fourth-order valence-electron chi connectivity index (χ4n) is 3.21. The summed E-state index contributed by atoms with van der Waals surface area (Å²) in [6.07, 6.45) is 1.99. The molecular weight excluding hydrogens is 344 g/mol. The Labute approximate surface area is 157 Å². The fraction of sp³-hybridized carbons (Fsp3) is 0.286. The molecule has 0 aliphatic carbocycles. The smallest absolute Gasteiger partial charge is 0.242 e. The topological polar surface area (TPSA) is 34.5 Å². The first kappa shape index (κ1) is 17.0. The van der Waals surface area contributed by atoms with Gasteiger partial charge in [-0.25, -0.2) is 0 Å². The first-order chi connectivity index (χ1) is 12.8. The van der Waals surface area contributed by atoms with E-state index in [0.717, 1.165) is 46.8 Å². The molecule has 0 bridgehead atoms. The summed E-state index contributed by atoms with van der Waals surface area (Å²) in [4.78, 5) is 14.5. The van der Waals surface area contributed by atoms with Gasteiger partial charge in [-0.2, -0.15) is 11.8 Å². The molecule has 4 nitrogen and oxygen atoms in total. The molecule has 134 valence electrons. The molecule has 1 saturated heterocycles. The zero-order chi connectivity index (χ0) is 17.8. The lowest BCUT2D eigenvalue weighted by Gasteiger charge is -2.26. The van der Waals surface area contributed by atoms with Gasteiger partial charge in [0.05, 0.1) is 0 Å². The number of carbonyl (C=O) groups excluding carboxylic acids is 1. The van der Waals surface area contributed by atoms with E-state index < -0.39 is 0 Å². The van der Waals surface area contributed by atoms with E-state index in [1.54, 1.807) is 0 Å². The summed E-state index contributed by atoms with van der Waals surface area (Å²) in [6, 6.07) is 18.2. The second-order valence-corrected chi connectivity index (χ2v) is 7.66. The minimum atomic E-state index is 0.201. The highest BCUT2D eigenvalue weighted by Gasteiger charge is 2.17. The number of carbonyl (C=O) groups is 1. The number of amides is 1. The van der Waals surface area contributed by atoms with Crippen LogP contribution < -0.4 is 4.74 Å². The van der Waals surface area contributed by atoms with Crippen molar-refractivity contribution in [2.45, 2.75) is 13.2 Å². The van der Waals surface area contributed by atoms with Gasteiger partial charge in [0.15, 0.2) is 0 Å². The van der Waals surface area contributed by atoms with E-state index in [4.69, 9.17) is 4.74 Å². The molecule has 0 N–H and O–H groups in total. The van der Waals surface area contributed by atoms with Crippen molar-refractivity contribution in [3.63, 3.8) is 0 Å². The lowest BCUT2D eigenvalue weighted by Crippen LogP contribution is -2.39. The van der Waals surface area contributed by atoms with E-state index in [2.05, 4.69) is 12.1 Å². The predicted molar refractivity (Wildman–Crippen MR) is 107 cm³/mol. The average Bonchev–Trinajstić information content (AvgIpc) is 3.10. The van der Waals surface area contributed by atoms with E-state index in [-0.39, 0.29) is 5.91 Å². The zero-order valence-corrected chi connectivity index (χ0v) is 15.5. The minimum absolute atomic E-state index is 0.201. The fourth-order valence-corrected chi connectivity index (χ4v) is 4.11. The van der Waals surface area contributed by atoms with Gasteiger partial charge in [0, 0.05) is 41.7 Å². The third-order valence-electron chi connectivity index (χ3n) is 4.66. The van der Waals surface area contributed by atoms with Crippen molar-refractivity contribution >= 4 is 28.6 Å². The summed E-state index contributed by atoms with van der Waals surface area (Å²) in [5.41, 5.74) is 2.22. The van der Waals surface area contributed by atoms with Crippen LogP contribution in [0.25, 0.3) is 10.9 Å². The lowest BCUT2D eigenvalue weighted by atomic mass is 10.2. The molecule has 4 rings (SSSR count). The number of thioether (sulfide) groups is 1. The summed E-state index contributed by atoms with van der Waals surface area (Å²) >= 11 is 1.92. The van der Waals surface area contributed by atoms with Crippen LogP contribution in [0.5, 0.6) is 5.75 Å². The van der Waals surface area contributed by atoms with Crippen LogP contribution in [0.3, 0.4) is 0 Å². The Hall–Kier alpha value is -2.40. The lowest BCUT2D eigenvalue weighted by molar-refractivity contribution is -0.131. The van der Waals surface area contributed by atoms with Crippen LogP contribution in [0.4, 0.5) is 0 Å². The van der Waals surface area contributed by atoms with Crippen LogP contribution >= 0.6 is 11.8 Å². The second-order valence-electron chi connectivity index (χ2n) is 6.43. The number of fused-ring (bicyclic) bond motifs is 1. The molecule has 1 aliphatic heterocycles. The number of benzene rings is 2. The van der Waals surface area contributed by atoms with Gasteiger partial charge < -0.3 is 14.2 Å². The molecule has 0 saturated carbocycles. The molecule has 1 aromatic heterocycles. The number of hydrogen-bond donors (Lipinski definition) is 0. The Morgan fingerprint density at radius 1 is 1.04 bits per heavy atom. The molecule has 26 heavy (non-hydrogen) atoms. The molecule has 1 fully saturated rings. The van der Waals surface area contributed by atoms with Gasteiger partial charge in [-0.1, -0.05) is 30.3 Å². The summed E-state index contributed by atoms with van der Waals surface area (Å²) in [5, 5.41) is 1.09. The van der Waals surface area contributed by atoms with Gasteiger partial charge in [0.1, 0.15) is 18.9 Å². The third-order valence-corrected chi connectivity index (χ3v) is 5.60. The average molecular weight is 366 g/mol. The largest absolute Gasteiger partial charge is 0.489 e. The van der Waals surface area contributed by atoms with Gasteiger partial charge in [-0.05, 0) is 29.8 Å². The summed E-state index contributed by atoms with van der Waals surface area (Å²) in [5.74, 6) is 3.13. The normalized spacial score (nSPS) is 14.5. The standard InChI is InChI=1S/C21H22N2O2S/c24-21(22-10-12-26-13-11-22)15-23-9-8-18-14-19(6-7-20(18)23)25-16-17-4-2-1-3-5-17/h1-9,14H,10-13,15-16H2. The molecule has 0 spiro atoms. The van der Waals surface area contributed by atoms with Crippen LogP contribution in [-0.2, 0) is 17.9 Å². The van der Waals surface area contributed by atoms with Crippen molar-refractivity contribution in [3.8, 4) is 5.75 Å². The number of hydrogen-bond acceptors (Lipinski definition) is 3. The highest BCUT2D eigenvalue weighted by Crippen LogP contribution is 2.23. The molecule has 3 aromatic rings. The Balaban J connectivity index is 1.44. The number of aromatic nitrogens is 1. The van der Waals surface area contributed by atoms with E-state index >= 15 is 0 Å². The molecule has 1 amide bonds. The molecular formula is C21H22N2O2S. The van der Waals surface area contributed by atoms with Crippen LogP contribution in [0.2, 0.25) is 0 Å². The third kappa shape index (κ3) is 3.88. The van der Waals surface area contributed by atoms with Gasteiger partial charge in [0.2, 0.25) is 5.91 Å². The SMILES string of the molecule is O=C(Cn1ccc2cc(OCc3ccccc3)ccc21)N1CCSCC1. The number of rotatable bonds is 5. The van der Waals surface area contributed by atoms with Crippen LogP contribution in [0.15, 0.2) is 60.8 Å². The van der Waals surface area contributed by atoms with E-state index in [1.165, 1.54) is 0 Å². The van der Waals surface area contributed by atoms with E-state index in [0.29, 0.717) is 13.2 Å². The summed E-state index contributed by atoms with van der Waals surface area (Å²) in [7, 11) is 0. The first-order valence-electron chi connectivity index (χ1n) is 8.91. The molecule has 0 radical (unpaired) electrons. The monoisotopic (exact) mass is 366 g/mol. The van der Waals surface area contributed by atoms with Crippen LogP contribution in [-0.4, -0.2) is 40.0 Å². The molecule has 5 heteroatoms. The number of nitrogens with zero attached hydrogens (tertiary/aromatic N) is 2. The Morgan fingerprint density at radius 2 is 1.85 bits per heavy atom. The zero-order valence-electron chi connectivity index (χ0n) is 14.6. The molecule has 2 heterocycles. The Bertz CT molecular complexity index is 885. The summed E-state index contributed by atoms with van der Waals surface area (Å²) in [6.45, 7) is 2.68. The minimum Gasteiger partial charge on any atom is -0.489 e. The number of ether oxygens (including phenoxy) is 1. The van der Waals surface area contributed by atoms with Gasteiger partial charge in [-0.15, -0.1) is 0 Å². The van der Waals surface area contributed by atoms with Crippen molar-refractivity contribution < 1.29 is 9.53 Å². The summed E-state index contributed by atoms with van der Waals surface area (Å²) < 4.78 is 7.93. The molecule has 2 aromatic carbocycles. The highest BCUT2D eigenvalue weighted by atomic mass is 32.2. The second kappa shape index (κ2) is 7.87. The Kier molecular flexibility index (Phi) is 5.16. The van der Waals surface area contributed by atoms with Gasteiger partial charge >= 0.3 is 0 Å². The van der Waals surface area contributed by atoms with Crippen molar-refractivity contribution in [1.29, 1.82) is 0 Å². The quantitative estimate of drug-likeness (QED) is 0.689. The maximum atomic E-state index is 12.5. The predicted octanol–water partition coefficient (Wildman–Crippen LogP) is 3.80. The van der Waals surface area contributed by atoms with Crippen molar-refractivity contribution in [2.75, 3.05) is 24.6 Å². The maximum Gasteiger partial charge on any atom is 0.242 e. The van der Waals surface area contributed by atoms with Gasteiger partial charge in [-0.3, -0.25) is 4.79 Å². The van der Waals surface area contributed by atoms with Crippen LogP contribution in [0, 0.1) is 0 Å². The first-order valence-corrected chi connectivity index (χ1v) is 10.1.